The molecule has 0 spiro atoms. The lowest BCUT2D eigenvalue weighted by Gasteiger charge is -2.41. The van der Waals surface area contributed by atoms with Gasteiger partial charge in [0.25, 0.3) is 0 Å². The molecule has 1 aromatic heterocycles. The van der Waals surface area contributed by atoms with E-state index >= 15 is 4.39 Å². The third-order valence-electron chi connectivity index (χ3n) is 8.04. The summed E-state index contributed by atoms with van der Waals surface area (Å²) in [7, 11) is -1.36. The minimum Gasteiger partial charge on any atom is -0.481 e. The van der Waals surface area contributed by atoms with Gasteiger partial charge in [-0.05, 0) is 47.7 Å². The number of hydrogen-bond acceptors (Lipinski definition) is 5. The molecular formula is C37H51F2N3O5SSi. The molecule has 0 saturated heterocycles. The molecule has 12 heteroatoms. The fraction of sp³-hybridized carbons (Fsp3) is 0.486. The highest BCUT2D eigenvalue weighted by atomic mass is 32.2. The highest BCUT2D eigenvalue weighted by Gasteiger charge is 2.37. The lowest BCUT2D eigenvalue weighted by molar-refractivity contribution is -0.140. The van der Waals surface area contributed by atoms with Crippen LogP contribution in [0.15, 0.2) is 60.8 Å². The van der Waals surface area contributed by atoms with Crippen LogP contribution in [-0.2, 0) is 20.9 Å². The average molecular weight is 716 g/mol. The topological polar surface area (TPSA) is 101 Å². The summed E-state index contributed by atoms with van der Waals surface area (Å²) in [6.45, 7) is 15.6. The SMILES string of the molecule is C[C@@H](CSCC(=O)N(CCCNC(=O)OCC[Si](C)(C)C)[C@@H](c1cc(-c2cc(F)ccc2F)cn1Cc1ccccc1)C(C)(C)C)C(=O)O. The standard InChI is InChI=1S/C37H51F2N3O5SSi/c1-26(35(44)45)24-48-25-33(43)42(17-11-16-40-36(46)47-18-19-49(5,6)7)34(37(2,3)4)32-20-28(30-21-29(38)14-15-31(30)39)23-41(32)22-27-12-9-8-10-13-27/h8-10,12-15,20-21,23,26,34H,11,16-19,22,24-25H2,1-7H3,(H,40,46)(H,44,45)/t26-,34-/m0/s1. The predicted molar refractivity (Wildman–Crippen MR) is 195 cm³/mol. The number of rotatable bonds is 17. The van der Waals surface area contributed by atoms with Crippen molar-refractivity contribution < 1.29 is 33.0 Å². The molecule has 268 valence electrons. The number of carbonyl (C=O) groups excluding carboxylic acids is 2. The monoisotopic (exact) mass is 715 g/mol. The molecule has 0 radical (unpaired) electrons. The number of carboxylic acids is 1. The summed E-state index contributed by atoms with van der Waals surface area (Å²) >= 11 is 1.26. The molecule has 1 heterocycles. The van der Waals surface area contributed by atoms with Gasteiger partial charge in [0, 0.05) is 56.5 Å². The Morgan fingerprint density at radius 2 is 1.76 bits per heavy atom. The second-order valence-corrected chi connectivity index (χ2v) is 21.4. The number of carboxylic acid groups (broad SMARTS) is 1. The Hall–Kier alpha value is -3.64. The first-order valence-electron chi connectivity index (χ1n) is 16.7. The normalized spacial score (nSPS) is 13.1. The number of ether oxygens (including phenoxy) is 1. The third kappa shape index (κ3) is 12.6. The predicted octanol–water partition coefficient (Wildman–Crippen LogP) is 8.31. The summed E-state index contributed by atoms with van der Waals surface area (Å²) in [6, 6.07) is 15.3. The number of nitrogens with one attached hydrogen (secondary N) is 1. The van der Waals surface area contributed by atoms with Crippen LogP contribution in [0.4, 0.5) is 13.6 Å². The van der Waals surface area contributed by atoms with E-state index in [1.165, 1.54) is 17.8 Å². The fourth-order valence-corrected chi connectivity index (χ4v) is 7.10. The van der Waals surface area contributed by atoms with Crippen LogP contribution in [0.3, 0.4) is 0 Å². The van der Waals surface area contributed by atoms with Gasteiger partial charge >= 0.3 is 12.1 Å². The number of carbonyl (C=O) groups is 3. The number of aromatic nitrogens is 1. The molecule has 3 rings (SSSR count). The Bertz CT molecular complexity index is 1560. The lowest BCUT2D eigenvalue weighted by atomic mass is 9.83. The van der Waals surface area contributed by atoms with Gasteiger partial charge in [-0.3, -0.25) is 9.59 Å². The number of aliphatic carboxylic acids is 1. The first kappa shape index (κ1) is 39.8. The minimum atomic E-state index is -1.36. The zero-order valence-electron chi connectivity index (χ0n) is 29.7. The van der Waals surface area contributed by atoms with Gasteiger partial charge in [0.1, 0.15) is 11.6 Å². The lowest BCUT2D eigenvalue weighted by Crippen LogP contribution is -2.44. The van der Waals surface area contributed by atoms with Crippen LogP contribution in [0.25, 0.3) is 11.1 Å². The summed E-state index contributed by atoms with van der Waals surface area (Å²) in [4.78, 5) is 39.7. The van der Waals surface area contributed by atoms with Crippen molar-refractivity contribution >= 4 is 37.8 Å². The van der Waals surface area contributed by atoms with Crippen molar-refractivity contribution in [1.29, 1.82) is 0 Å². The number of benzene rings is 2. The Balaban J connectivity index is 1.99. The highest BCUT2D eigenvalue weighted by molar-refractivity contribution is 7.99. The minimum absolute atomic E-state index is 0.0567. The van der Waals surface area contributed by atoms with Gasteiger partial charge in [-0.2, -0.15) is 11.8 Å². The maximum absolute atomic E-state index is 15.1. The summed E-state index contributed by atoms with van der Waals surface area (Å²) in [5, 5.41) is 12.2. The van der Waals surface area contributed by atoms with E-state index in [1.807, 2.05) is 61.7 Å². The maximum Gasteiger partial charge on any atom is 0.407 e. The van der Waals surface area contributed by atoms with Crippen molar-refractivity contribution in [1.82, 2.24) is 14.8 Å². The van der Waals surface area contributed by atoms with Crippen LogP contribution in [0.2, 0.25) is 25.7 Å². The number of halogens is 2. The van der Waals surface area contributed by atoms with Crippen LogP contribution in [0, 0.1) is 23.0 Å². The molecule has 2 amide bonds. The summed E-state index contributed by atoms with van der Waals surface area (Å²) in [5.74, 6) is -2.52. The Kier molecular flexibility index (Phi) is 14.5. The summed E-state index contributed by atoms with van der Waals surface area (Å²) in [5.41, 5.74) is 1.81. The van der Waals surface area contributed by atoms with Gasteiger partial charge in [0.05, 0.1) is 24.3 Å². The van der Waals surface area contributed by atoms with Crippen molar-refractivity contribution in [2.24, 2.45) is 11.3 Å². The molecule has 2 aromatic carbocycles. The average Bonchev–Trinajstić information content (AvgIpc) is 3.41. The molecule has 0 aliphatic rings. The van der Waals surface area contributed by atoms with Gasteiger partial charge in [-0.1, -0.05) is 77.7 Å². The third-order valence-corrected chi connectivity index (χ3v) is 10.9. The summed E-state index contributed by atoms with van der Waals surface area (Å²) in [6.07, 6.45) is 1.73. The van der Waals surface area contributed by atoms with E-state index in [4.69, 9.17) is 4.74 Å². The number of amides is 2. The van der Waals surface area contributed by atoms with Crippen molar-refractivity contribution in [3.8, 4) is 11.1 Å². The van der Waals surface area contributed by atoms with Crippen molar-refractivity contribution in [2.45, 2.75) is 72.4 Å². The Morgan fingerprint density at radius 1 is 1.06 bits per heavy atom. The van der Waals surface area contributed by atoms with E-state index in [-0.39, 0.29) is 36.1 Å². The number of hydrogen-bond donors (Lipinski definition) is 2. The van der Waals surface area contributed by atoms with E-state index in [9.17, 15) is 23.9 Å². The molecule has 0 unspecified atom stereocenters. The first-order valence-corrected chi connectivity index (χ1v) is 21.5. The number of alkyl carbamates (subject to hydrolysis) is 1. The van der Waals surface area contributed by atoms with Crippen molar-refractivity contribution in [3.63, 3.8) is 0 Å². The molecular weight excluding hydrogens is 665 g/mol. The molecule has 8 nitrogen and oxygen atoms in total. The first-order chi connectivity index (χ1) is 23.0. The van der Waals surface area contributed by atoms with Crippen molar-refractivity contribution in [3.05, 3.63) is 83.7 Å². The van der Waals surface area contributed by atoms with Crippen LogP contribution in [0.5, 0.6) is 0 Å². The molecule has 49 heavy (non-hydrogen) atoms. The van der Waals surface area contributed by atoms with Crippen LogP contribution in [0.1, 0.15) is 51.4 Å². The van der Waals surface area contributed by atoms with Crippen molar-refractivity contribution in [2.75, 3.05) is 31.2 Å². The second kappa shape index (κ2) is 17.8. The maximum atomic E-state index is 15.1. The van der Waals surface area contributed by atoms with E-state index < -0.39 is 49.1 Å². The molecule has 0 fully saturated rings. The van der Waals surface area contributed by atoms with E-state index in [0.717, 1.165) is 29.4 Å². The Labute approximate surface area is 294 Å². The van der Waals surface area contributed by atoms with Gasteiger partial charge in [0.15, 0.2) is 0 Å². The molecule has 2 N–H and O–H groups in total. The quantitative estimate of drug-likeness (QED) is 0.108. The van der Waals surface area contributed by atoms with E-state index in [2.05, 4.69) is 25.0 Å². The van der Waals surface area contributed by atoms with Crippen LogP contribution < -0.4 is 5.32 Å². The molecule has 0 bridgehead atoms. The molecule has 3 aromatic rings. The zero-order chi connectivity index (χ0) is 36.4. The molecule has 2 atom stereocenters. The van der Waals surface area contributed by atoms with E-state index in [0.29, 0.717) is 25.1 Å². The second-order valence-electron chi connectivity index (χ2n) is 14.7. The Morgan fingerprint density at radius 3 is 2.39 bits per heavy atom. The zero-order valence-corrected chi connectivity index (χ0v) is 31.5. The molecule has 0 aliphatic carbocycles. The van der Waals surface area contributed by atoms with Crippen LogP contribution in [-0.4, -0.2) is 71.8 Å². The van der Waals surface area contributed by atoms with Gasteiger partial charge in [0.2, 0.25) is 5.91 Å². The van der Waals surface area contributed by atoms with Gasteiger partial charge in [-0.25, -0.2) is 13.6 Å². The number of nitrogens with zero attached hydrogens (tertiary/aromatic N) is 2. The smallest absolute Gasteiger partial charge is 0.407 e. The van der Waals surface area contributed by atoms with E-state index in [1.54, 1.807) is 18.0 Å². The number of thioether (sulfide) groups is 1. The fourth-order valence-electron chi connectivity index (χ4n) is 5.43. The molecule has 0 saturated carbocycles. The highest BCUT2D eigenvalue weighted by Crippen LogP contribution is 2.41. The largest absolute Gasteiger partial charge is 0.481 e. The van der Waals surface area contributed by atoms with Crippen LogP contribution >= 0.6 is 11.8 Å². The summed E-state index contributed by atoms with van der Waals surface area (Å²) < 4.78 is 36.8. The van der Waals surface area contributed by atoms with Gasteiger partial charge in [-0.15, -0.1) is 0 Å². The van der Waals surface area contributed by atoms with Gasteiger partial charge < -0.3 is 24.6 Å². The molecule has 0 aliphatic heterocycles.